The minimum Gasteiger partial charge on any atom is -0.375 e. The van der Waals surface area contributed by atoms with Crippen LogP contribution in [0.5, 0.6) is 0 Å². The molecule has 4 heteroatoms. The van der Waals surface area contributed by atoms with Crippen LogP contribution in [0.3, 0.4) is 0 Å². The third kappa shape index (κ3) is 1.22. The SMILES string of the molecule is NC(=S)N/N=C1/CC2C=CCC12. The molecule has 2 atom stereocenters. The molecule has 2 unspecified atom stereocenters. The predicted octanol–water partition coefficient (Wildman–Crippen LogP) is 0.772. The van der Waals surface area contributed by atoms with E-state index in [9.17, 15) is 0 Å². The quantitative estimate of drug-likeness (QED) is 0.357. The minimum atomic E-state index is 0.247. The fraction of sp³-hybridized carbons (Fsp3) is 0.500. The van der Waals surface area contributed by atoms with E-state index in [1.54, 1.807) is 0 Å². The van der Waals surface area contributed by atoms with Crippen molar-refractivity contribution in [1.82, 2.24) is 5.43 Å². The van der Waals surface area contributed by atoms with E-state index in [1.807, 2.05) is 0 Å². The molecule has 2 aliphatic rings. The maximum absolute atomic E-state index is 5.25. The van der Waals surface area contributed by atoms with Crippen LogP contribution >= 0.6 is 12.2 Å². The van der Waals surface area contributed by atoms with Crippen molar-refractivity contribution in [3.05, 3.63) is 12.2 Å². The fourth-order valence-electron chi connectivity index (χ4n) is 1.79. The Kier molecular flexibility index (Phi) is 1.84. The van der Waals surface area contributed by atoms with Gasteiger partial charge in [0.2, 0.25) is 0 Å². The van der Waals surface area contributed by atoms with Crippen molar-refractivity contribution in [1.29, 1.82) is 0 Å². The number of nitrogens with zero attached hydrogens (tertiary/aromatic N) is 1. The summed E-state index contributed by atoms with van der Waals surface area (Å²) in [6.07, 6.45) is 6.68. The van der Waals surface area contributed by atoms with Gasteiger partial charge in [0, 0.05) is 11.6 Å². The Morgan fingerprint density at radius 2 is 2.58 bits per heavy atom. The van der Waals surface area contributed by atoms with Crippen LogP contribution in [-0.2, 0) is 0 Å². The topological polar surface area (TPSA) is 50.4 Å². The summed E-state index contributed by atoms with van der Waals surface area (Å²) in [5.41, 5.74) is 9.09. The number of hydrogen-bond donors (Lipinski definition) is 2. The van der Waals surface area contributed by atoms with Gasteiger partial charge in [0.05, 0.1) is 0 Å². The average Bonchev–Trinajstić information content (AvgIpc) is 2.32. The molecule has 0 aromatic rings. The lowest BCUT2D eigenvalue weighted by atomic mass is 9.74. The zero-order valence-corrected chi connectivity index (χ0v) is 7.47. The largest absolute Gasteiger partial charge is 0.375 e. The first kappa shape index (κ1) is 7.73. The van der Waals surface area contributed by atoms with Crippen LogP contribution in [0.25, 0.3) is 0 Å². The van der Waals surface area contributed by atoms with Crippen LogP contribution in [0, 0.1) is 11.8 Å². The second kappa shape index (κ2) is 2.86. The van der Waals surface area contributed by atoms with Crippen LogP contribution in [-0.4, -0.2) is 10.8 Å². The molecule has 64 valence electrons. The number of hydrogen-bond acceptors (Lipinski definition) is 2. The summed E-state index contributed by atoms with van der Waals surface area (Å²) in [6, 6.07) is 0. The van der Waals surface area contributed by atoms with Crippen molar-refractivity contribution in [3.8, 4) is 0 Å². The Morgan fingerprint density at radius 3 is 3.25 bits per heavy atom. The Bertz CT molecular complexity index is 269. The normalized spacial score (nSPS) is 34.5. The highest BCUT2D eigenvalue weighted by atomic mass is 32.1. The van der Waals surface area contributed by atoms with Gasteiger partial charge in [0.15, 0.2) is 5.11 Å². The van der Waals surface area contributed by atoms with Crippen molar-refractivity contribution in [2.75, 3.05) is 0 Å². The summed E-state index contributed by atoms with van der Waals surface area (Å²) in [6.45, 7) is 0. The summed E-state index contributed by atoms with van der Waals surface area (Å²) >= 11 is 4.65. The monoisotopic (exact) mass is 181 g/mol. The van der Waals surface area contributed by atoms with Crippen LogP contribution in [0.4, 0.5) is 0 Å². The van der Waals surface area contributed by atoms with Crippen LogP contribution in [0.15, 0.2) is 17.3 Å². The lowest BCUT2D eigenvalue weighted by Gasteiger charge is -2.31. The zero-order valence-electron chi connectivity index (χ0n) is 6.66. The molecule has 3 N–H and O–H groups in total. The van der Waals surface area contributed by atoms with Gasteiger partial charge in [-0.15, -0.1) is 0 Å². The van der Waals surface area contributed by atoms with Gasteiger partial charge >= 0.3 is 0 Å². The van der Waals surface area contributed by atoms with Gasteiger partial charge in [-0.05, 0) is 31.0 Å². The molecule has 1 saturated carbocycles. The molecule has 3 nitrogen and oxygen atoms in total. The molecule has 1 fully saturated rings. The molecule has 0 radical (unpaired) electrons. The summed E-state index contributed by atoms with van der Waals surface area (Å²) in [4.78, 5) is 0. The van der Waals surface area contributed by atoms with E-state index in [2.05, 4.69) is 34.9 Å². The molecule has 2 aliphatic carbocycles. The summed E-state index contributed by atoms with van der Waals surface area (Å²) in [5.74, 6) is 1.36. The molecule has 0 bridgehead atoms. The third-order valence-electron chi connectivity index (χ3n) is 2.47. The molecule has 0 aliphatic heterocycles. The Hall–Kier alpha value is -0.900. The summed E-state index contributed by atoms with van der Waals surface area (Å²) in [7, 11) is 0. The Labute approximate surface area is 76.7 Å². The van der Waals surface area contributed by atoms with E-state index in [4.69, 9.17) is 5.73 Å². The van der Waals surface area contributed by atoms with Crippen molar-refractivity contribution < 1.29 is 0 Å². The molecule has 0 heterocycles. The second-order valence-electron chi connectivity index (χ2n) is 3.22. The lowest BCUT2D eigenvalue weighted by Crippen LogP contribution is -2.36. The maximum atomic E-state index is 5.25. The lowest BCUT2D eigenvalue weighted by molar-refractivity contribution is 0.463. The highest BCUT2D eigenvalue weighted by Gasteiger charge is 2.37. The van der Waals surface area contributed by atoms with E-state index in [1.165, 1.54) is 5.71 Å². The van der Waals surface area contributed by atoms with Crippen molar-refractivity contribution in [3.63, 3.8) is 0 Å². The molecule has 0 saturated heterocycles. The molecule has 2 rings (SSSR count). The second-order valence-corrected chi connectivity index (χ2v) is 3.66. The zero-order chi connectivity index (χ0) is 8.55. The van der Waals surface area contributed by atoms with Crippen LogP contribution in [0.1, 0.15) is 12.8 Å². The van der Waals surface area contributed by atoms with E-state index in [0.717, 1.165) is 18.8 Å². The smallest absolute Gasteiger partial charge is 0.184 e. The van der Waals surface area contributed by atoms with E-state index in [-0.39, 0.29) is 5.11 Å². The highest BCUT2D eigenvalue weighted by molar-refractivity contribution is 7.80. The standard InChI is InChI=1S/C8H11N3S/c9-8(12)11-10-7-4-5-2-1-3-6(5)7/h1-2,5-6H,3-4H2,(H3,9,11,12)/b10-7-. The van der Waals surface area contributed by atoms with Gasteiger partial charge in [-0.2, -0.15) is 5.10 Å². The summed E-state index contributed by atoms with van der Waals surface area (Å²) < 4.78 is 0. The number of nitrogens with one attached hydrogen (secondary N) is 1. The predicted molar refractivity (Wildman–Crippen MR) is 52.7 cm³/mol. The van der Waals surface area contributed by atoms with Crippen LogP contribution in [0.2, 0.25) is 0 Å². The molecular formula is C8H11N3S. The average molecular weight is 181 g/mol. The van der Waals surface area contributed by atoms with Gasteiger partial charge in [-0.3, -0.25) is 5.43 Å². The van der Waals surface area contributed by atoms with E-state index in [0.29, 0.717) is 5.92 Å². The molecule has 0 aromatic carbocycles. The minimum absolute atomic E-state index is 0.247. The van der Waals surface area contributed by atoms with Gasteiger partial charge in [-0.1, -0.05) is 12.2 Å². The van der Waals surface area contributed by atoms with Gasteiger partial charge in [0.1, 0.15) is 0 Å². The van der Waals surface area contributed by atoms with Crippen molar-refractivity contribution >= 4 is 23.0 Å². The van der Waals surface area contributed by atoms with Gasteiger partial charge < -0.3 is 5.73 Å². The van der Waals surface area contributed by atoms with E-state index < -0.39 is 0 Å². The number of rotatable bonds is 1. The molecule has 12 heavy (non-hydrogen) atoms. The first-order valence-electron chi connectivity index (χ1n) is 4.06. The molecule has 0 amide bonds. The van der Waals surface area contributed by atoms with Gasteiger partial charge in [0.25, 0.3) is 0 Å². The Balaban J connectivity index is 1.92. The summed E-state index contributed by atoms with van der Waals surface area (Å²) in [5, 5.41) is 4.38. The van der Waals surface area contributed by atoms with E-state index >= 15 is 0 Å². The number of allylic oxidation sites excluding steroid dienone is 2. The Morgan fingerprint density at radius 1 is 1.75 bits per heavy atom. The van der Waals surface area contributed by atoms with Gasteiger partial charge in [-0.25, -0.2) is 0 Å². The van der Waals surface area contributed by atoms with Crippen molar-refractivity contribution in [2.45, 2.75) is 12.8 Å². The molecular weight excluding hydrogens is 170 g/mol. The first-order valence-corrected chi connectivity index (χ1v) is 4.47. The fourth-order valence-corrected chi connectivity index (χ4v) is 1.84. The highest BCUT2D eigenvalue weighted by Crippen LogP contribution is 2.39. The number of thiocarbonyl (C=S) groups is 1. The molecule has 0 spiro atoms. The third-order valence-corrected chi connectivity index (χ3v) is 2.56. The number of fused-ring (bicyclic) bond motifs is 1. The van der Waals surface area contributed by atoms with Crippen LogP contribution < -0.4 is 11.2 Å². The first-order chi connectivity index (χ1) is 5.77. The van der Waals surface area contributed by atoms with Crippen molar-refractivity contribution in [2.24, 2.45) is 22.7 Å². The number of nitrogens with two attached hydrogens (primary N) is 1. The number of hydrazone groups is 1. The maximum Gasteiger partial charge on any atom is 0.184 e. The molecule has 0 aromatic heterocycles.